The molecular weight excluding hydrogens is 326 g/mol. The molecule has 2 rings (SSSR count). The first kappa shape index (κ1) is 17.2. The van der Waals surface area contributed by atoms with Crippen molar-refractivity contribution in [2.24, 2.45) is 0 Å². The van der Waals surface area contributed by atoms with Crippen LogP contribution in [0.15, 0.2) is 48.5 Å². The van der Waals surface area contributed by atoms with Crippen LogP contribution in [0.5, 0.6) is 0 Å². The van der Waals surface area contributed by atoms with E-state index in [9.17, 15) is 13.2 Å². The number of nitrogens with one attached hydrogen (secondary N) is 1. The molecule has 0 saturated carbocycles. The molecule has 0 aliphatic carbocycles. The van der Waals surface area contributed by atoms with Crippen LogP contribution < -0.4 is 5.32 Å². The second-order valence-electron chi connectivity index (χ2n) is 5.08. The molecule has 7 heteroatoms. The van der Waals surface area contributed by atoms with Crippen LogP contribution in [-0.2, 0) is 20.4 Å². The molecule has 6 nitrogen and oxygen atoms in total. The summed E-state index contributed by atoms with van der Waals surface area (Å²) in [6, 6.07) is 16.2. The van der Waals surface area contributed by atoms with E-state index in [0.29, 0.717) is 22.4 Å². The Labute approximate surface area is 139 Å². The molecule has 120 valence electrons. The topological polar surface area (TPSA) is 111 Å². The Bertz CT molecular complexity index is 936. The number of anilines is 1. The van der Waals surface area contributed by atoms with Crippen molar-refractivity contribution in [2.45, 2.75) is 5.75 Å². The minimum absolute atomic E-state index is 0.287. The molecule has 0 atom stereocenters. The third-order valence-corrected chi connectivity index (χ3v) is 4.57. The Hall–Kier alpha value is -3.16. The summed E-state index contributed by atoms with van der Waals surface area (Å²) in [6.07, 6.45) is 0. The lowest BCUT2D eigenvalue weighted by molar-refractivity contribution is -0.113. The summed E-state index contributed by atoms with van der Waals surface area (Å²) >= 11 is 0. The molecule has 0 saturated heterocycles. The maximum absolute atomic E-state index is 12.1. The van der Waals surface area contributed by atoms with Gasteiger partial charge in [-0.05, 0) is 35.9 Å². The first-order valence-corrected chi connectivity index (χ1v) is 8.73. The molecule has 2 aromatic carbocycles. The molecule has 0 spiro atoms. The van der Waals surface area contributed by atoms with Crippen molar-refractivity contribution in [3.8, 4) is 12.1 Å². The van der Waals surface area contributed by atoms with Crippen LogP contribution in [0.4, 0.5) is 5.69 Å². The summed E-state index contributed by atoms with van der Waals surface area (Å²) < 4.78 is 24.2. The number of benzene rings is 2. The summed E-state index contributed by atoms with van der Waals surface area (Å²) in [4.78, 5) is 11.9. The molecule has 0 bridgehead atoms. The molecule has 2 aromatic rings. The number of carbonyl (C=O) groups is 1. The van der Waals surface area contributed by atoms with Crippen LogP contribution in [-0.4, -0.2) is 20.1 Å². The van der Waals surface area contributed by atoms with Crippen molar-refractivity contribution in [3.63, 3.8) is 0 Å². The lowest BCUT2D eigenvalue weighted by Gasteiger charge is -2.07. The predicted molar refractivity (Wildman–Crippen MR) is 88.4 cm³/mol. The van der Waals surface area contributed by atoms with E-state index in [2.05, 4.69) is 5.32 Å². The van der Waals surface area contributed by atoms with Crippen LogP contribution in [0.25, 0.3) is 0 Å². The van der Waals surface area contributed by atoms with Gasteiger partial charge in [0.25, 0.3) is 0 Å². The fourth-order valence-electron chi connectivity index (χ4n) is 2.04. The van der Waals surface area contributed by atoms with Crippen molar-refractivity contribution < 1.29 is 13.2 Å². The number of rotatable bonds is 5. The highest BCUT2D eigenvalue weighted by atomic mass is 32.2. The van der Waals surface area contributed by atoms with E-state index in [-0.39, 0.29) is 5.75 Å². The maximum Gasteiger partial charge on any atom is 0.239 e. The molecule has 1 amide bonds. The highest BCUT2D eigenvalue weighted by Crippen LogP contribution is 2.12. The zero-order valence-electron chi connectivity index (χ0n) is 12.6. The molecule has 0 fully saturated rings. The van der Waals surface area contributed by atoms with E-state index in [1.54, 1.807) is 30.3 Å². The van der Waals surface area contributed by atoms with E-state index < -0.39 is 21.5 Å². The number of nitriles is 2. The summed E-state index contributed by atoms with van der Waals surface area (Å²) in [5.41, 5.74) is 1.68. The minimum atomic E-state index is -3.65. The third kappa shape index (κ3) is 4.94. The van der Waals surface area contributed by atoms with Gasteiger partial charge in [0, 0.05) is 5.69 Å². The smallest absolute Gasteiger partial charge is 0.239 e. The van der Waals surface area contributed by atoms with Gasteiger partial charge in [0.05, 0.1) is 29.0 Å². The molecule has 1 N–H and O–H groups in total. The van der Waals surface area contributed by atoms with Crippen LogP contribution in [0.1, 0.15) is 16.7 Å². The molecule has 0 aliphatic heterocycles. The second kappa shape index (κ2) is 7.40. The van der Waals surface area contributed by atoms with E-state index in [0.717, 1.165) is 0 Å². The highest BCUT2D eigenvalue weighted by molar-refractivity contribution is 7.91. The molecule has 0 unspecified atom stereocenters. The van der Waals surface area contributed by atoms with Crippen molar-refractivity contribution in [2.75, 3.05) is 11.1 Å². The Kier molecular flexibility index (Phi) is 5.31. The minimum Gasteiger partial charge on any atom is -0.325 e. The third-order valence-electron chi connectivity index (χ3n) is 3.10. The number of amides is 1. The van der Waals surface area contributed by atoms with Gasteiger partial charge in [-0.15, -0.1) is 0 Å². The quantitative estimate of drug-likeness (QED) is 0.895. The fourth-order valence-corrected chi connectivity index (χ4v) is 3.32. The number of hydrogen-bond donors (Lipinski definition) is 1. The lowest BCUT2D eigenvalue weighted by atomic mass is 10.2. The lowest BCUT2D eigenvalue weighted by Crippen LogP contribution is -2.24. The van der Waals surface area contributed by atoms with Crippen molar-refractivity contribution in [1.82, 2.24) is 0 Å². The van der Waals surface area contributed by atoms with E-state index in [4.69, 9.17) is 10.5 Å². The highest BCUT2D eigenvalue weighted by Gasteiger charge is 2.17. The van der Waals surface area contributed by atoms with Gasteiger partial charge in [-0.3, -0.25) is 4.79 Å². The van der Waals surface area contributed by atoms with Gasteiger partial charge >= 0.3 is 0 Å². The molecule has 24 heavy (non-hydrogen) atoms. The standard InChI is InChI=1S/C17H13N3O3S/c18-9-13-4-6-14(7-5-13)11-24(22,23)12-17(21)20-16-3-1-2-15(8-16)10-19/h1-8H,11-12H2,(H,20,21). The van der Waals surface area contributed by atoms with E-state index >= 15 is 0 Å². The monoisotopic (exact) mass is 339 g/mol. The largest absolute Gasteiger partial charge is 0.325 e. The van der Waals surface area contributed by atoms with Gasteiger partial charge in [0.2, 0.25) is 5.91 Å². The summed E-state index contributed by atoms with van der Waals surface area (Å²) in [6.45, 7) is 0. The molecule has 0 radical (unpaired) electrons. The molecule has 0 heterocycles. The van der Waals surface area contributed by atoms with Crippen LogP contribution >= 0.6 is 0 Å². The summed E-state index contributed by atoms with van der Waals surface area (Å²) in [7, 11) is -3.65. The van der Waals surface area contributed by atoms with Gasteiger partial charge in [-0.1, -0.05) is 18.2 Å². The van der Waals surface area contributed by atoms with Crippen molar-refractivity contribution >= 4 is 21.4 Å². The van der Waals surface area contributed by atoms with Gasteiger partial charge in [-0.2, -0.15) is 10.5 Å². The summed E-state index contributed by atoms with van der Waals surface area (Å²) in [5, 5.41) is 20.0. The van der Waals surface area contributed by atoms with Crippen LogP contribution in [0.2, 0.25) is 0 Å². The zero-order valence-corrected chi connectivity index (χ0v) is 13.4. The molecule has 0 aromatic heterocycles. The number of sulfone groups is 1. The Morgan fingerprint density at radius 2 is 1.67 bits per heavy atom. The van der Waals surface area contributed by atoms with Gasteiger partial charge in [0.1, 0.15) is 5.75 Å². The Morgan fingerprint density at radius 1 is 1.00 bits per heavy atom. The number of carbonyl (C=O) groups excluding carboxylic acids is 1. The molecular formula is C17H13N3O3S. The van der Waals surface area contributed by atoms with E-state index in [1.807, 2.05) is 12.1 Å². The fraction of sp³-hybridized carbons (Fsp3) is 0.118. The average Bonchev–Trinajstić information content (AvgIpc) is 2.54. The van der Waals surface area contributed by atoms with Crippen molar-refractivity contribution in [1.29, 1.82) is 10.5 Å². The Balaban J connectivity index is 2.01. The SMILES string of the molecule is N#Cc1ccc(CS(=O)(=O)CC(=O)Nc2cccc(C#N)c2)cc1. The predicted octanol–water partition coefficient (Wildman–Crippen LogP) is 1.98. The van der Waals surface area contributed by atoms with Crippen LogP contribution in [0, 0.1) is 22.7 Å². The number of hydrogen-bond acceptors (Lipinski definition) is 5. The number of nitrogens with zero attached hydrogens (tertiary/aromatic N) is 2. The first-order valence-electron chi connectivity index (χ1n) is 6.91. The zero-order chi connectivity index (χ0) is 17.6. The molecule has 0 aliphatic rings. The summed E-state index contributed by atoms with van der Waals surface area (Å²) in [5.74, 6) is -1.62. The second-order valence-corrected chi connectivity index (χ2v) is 7.15. The van der Waals surface area contributed by atoms with Gasteiger partial charge in [0.15, 0.2) is 9.84 Å². The van der Waals surface area contributed by atoms with Gasteiger partial charge < -0.3 is 5.32 Å². The van der Waals surface area contributed by atoms with E-state index in [1.165, 1.54) is 18.2 Å². The first-order chi connectivity index (χ1) is 11.4. The van der Waals surface area contributed by atoms with Crippen molar-refractivity contribution in [3.05, 3.63) is 65.2 Å². The average molecular weight is 339 g/mol. The maximum atomic E-state index is 12.1. The van der Waals surface area contributed by atoms with Gasteiger partial charge in [-0.25, -0.2) is 8.42 Å². The van der Waals surface area contributed by atoms with Crippen LogP contribution in [0.3, 0.4) is 0 Å². The normalized spacial score (nSPS) is 10.4. The Morgan fingerprint density at radius 3 is 2.29 bits per heavy atom.